The summed E-state index contributed by atoms with van der Waals surface area (Å²) in [6.07, 6.45) is 5.32. The number of phenolic OH excluding ortho intramolecular Hbond substituents is 1. The molecule has 5 rings (SSSR count). The van der Waals surface area contributed by atoms with E-state index in [1.165, 1.54) is 6.92 Å². The maximum absolute atomic E-state index is 11.4. The molecular formula is C30H34N2O5. The highest BCUT2D eigenvalue weighted by atomic mass is 16.5. The van der Waals surface area contributed by atoms with E-state index in [1.807, 2.05) is 12.1 Å². The molecule has 0 amide bonds. The standard InChI is InChI=1S/C30H34N2O5/c1-20-18-32(16-13-30(20,36)21-7-10-23(33)11-8-21)15-4-6-24-25-5-3-14-31-27(25)19-37-28-12-9-22(17-26(24)28)29(2,34)35/h3,5-12,14,17,20,33-36H,4,13,15-16,18-19H2,1-2H3/b24-6+. The van der Waals surface area contributed by atoms with Gasteiger partial charge in [0.15, 0.2) is 5.79 Å². The number of ether oxygens (including phenoxy) is 1. The second-order valence-corrected chi connectivity index (χ2v) is 10.3. The maximum atomic E-state index is 11.4. The number of hydrogen-bond acceptors (Lipinski definition) is 7. The van der Waals surface area contributed by atoms with Crippen molar-refractivity contribution in [1.82, 2.24) is 9.88 Å². The summed E-state index contributed by atoms with van der Waals surface area (Å²) in [7, 11) is 0. The minimum absolute atomic E-state index is 0.0322. The lowest BCUT2D eigenvalue weighted by atomic mass is 9.77. The number of aliphatic hydroxyl groups is 3. The average molecular weight is 503 g/mol. The van der Waals surface area contributed by atoms with E-state index >= 15 is 0 Å². The topological polar surface area (TPSA) is 106 Å². The number of fused-ring (bicyclic) bond motifs is 2. The predicted molar refractivity (Wildman–Crippen MR) is 141 cm³/mol. The zero-order valence-corrected chi connectivity index (χ0v) is 21.3. The molecule has 1 aromatic heterocycles. The lowest BCUT2D eigenvalue weighted by Gasteiger charge is -2.43. The first kappa shape index (κ1) is 25.4. The van der Waals surface area contributed by atoms with Crippen LogP contribution >= 0.6 is 0 Å². The van der Waals surface area contributed by atoms with E-state index in [-0.39, 0.29) is 11.7 Å². The number of piperidine rings is 1. The normalized spacial score (nSPS) is 23.2. The molecule has 0 aliphatic carbocycles. The van der Waals surface area contributed by atoms with E-state index in [4.69, 9.17) is 4.74 Å². The molecule has 0 radical (unpaired) electrons. The summed E-state index contributed by atoms with van der Waals surface area (Å²) in [6, 6.07) is 16.0. The van der Waals surface area contributed by atoms with Gasteiger partial charge < -0.3 is 30.1 Å². The van der Waals surface area contributed by atoms with Gasteiger partial charge in [-0.1, -0.05) is 31.2 Å². The molecule has 0 spiro atoms. The minimum atomic E-state index is -1.96. The van der Waals surface area contributed by atoms with E-state index < -0.39 is 11.4 Å². The van der Waals surface area contributed by atoms with Gasteiger partial charge in [0.2, 0.25) is 0 Å². The molecule has 2 atom stereocenters. The van der Waals surface area contributed by atoms with E-state index in [0.717, 1.165) is 54.0 Å². The van der Waals surface area contributed by atoms with Crippen molar-refractivity contribution in [1.29, 1.82) is 0 Å². The molecule has 1 fully saturated rings. The van der Waals surface area contributed by atoms with Crippen LogP contribution in [0.3, 0.4) is 0 Å². The molecule has 37 heavy (non-hydrogen) atoms. The van der Waals surface area contributed by atoms with Crippen molar-refractivity contribution in [3.8, 4) is 11.5 Å². The minimum Gasteiger partial charge on any atom is -0.508 e. The molecule has 4 N–H and O–H groups in total. The quantitative estimate of drug-likeness (QED) is 0.392. The molecule has 2 aromatic carbocycles. The number of benzene rings is 2. The second kappa shape index (κ2) is 9.91. The highest BCUT2D eigenvalue weighted by Crippen LogP contribution is 2.40. The van der Waals surface area contributed by atoms with Crippen molar-refractivity contribution >= 4 is 5.57 Å². The Morgan fingerprint density at radius 3 is 2.65 bits per heavy atom. The van der Waals surface area contributed by atoms with Crippen molar-refractivity contribution in [2.45, 2.75) is 44.7 Å². The van der Waals surface area contributed by atoms with Crippen LogP contribution in [0, 0.1) is 5.92 Å². The zero-order valence-electron chi connectivity index (χ0n) is 21.3. The van der Waals surface area contributed by atoms with Gasteiger partial charge in [-0.3, -0.25) is 4.98 Å². The van der Waals surface area contributed by atoms with Gasteiger partial charge in [0, 0.05) is 48.4 Å². The van der Waals surface area contributed by atoms with Crippen molar-refractivity contribution < 1.29 is 25.2 Å². The molecular weight excluding hydrogens is 468 g/mol. The lowest BCUT2D eigenvalue weighted by Crippen LogP contribution is -2.49. The Morgan fingerprint density at radius 2 is 1.92 bits per heavy atom. The highest BCUT2D eigenvalue weighted by Gasteiger charge is 2.40. The zero-order chi connectivity index (χ0) is 26.2. The monoisotopic (exact) mass is 502 g/mol. The van der Waals surface area contributed by atoms with Crippen molar-refractivity contribution in [3.63, 3.8) is 0 Å². The Balaban J connectivity index is 1.37. The summed E-state index contributed by atoms with van der Waals surface area (Å²) in [5, 5.41) is 41.4. The van der Waals surface area contributed by atoms with E-state index in [0.29, 0.717) is 24.3 Å². The highest BCUT2D eigenvalue weighted by molar-refractivity contribution is 5.84. The van der Waals surface area contributed by atoms with Gasteiger partial charge in [0.05, 0.1) is 11.3 Å². The van der Waals surface area contributed by atoms with Crippen LogP contribution in [0.5, 0.6) is 11.5 Å². The van der Waals surface area contributed by atoms with E-state index in [2.05, 4.69) is 22.9 Å². The fourth-order valence-electron chi connectivity index (χ4n) is 5.45. The molecule has 3 aromatic rings. The van der Waals surface area contributed by atoms with Crippen molar-refractivity contribution in [2.24, 2.45) is 5.92 Å². The number of rotatable bonds is 5. The number of aromatic hydroxyl groups is 1. The number of likely N-dealkylation sites (tertiary alicyclic amines) is 1. The first-order valence-electron chi connectivity index (χ1n) is 12.8. The van der Waals surface area contributed by atoms with Gasteiger partial charge in [0.1, 0.15) is 18.1 Å². The predicted octanol–water partition coefficient (Wildman–Crippen LogP) is 3.89. The third-order valence-electron chi connectivity index (χ3n) is 7.68. The van der Waals surface area contributed by atoms with Gasteiger partial charge in [-0.25, -0.2) is 0 Å². The summed E-state index contributed by atoms with van der Waals surface area (Å²) < 4.78 is 6.04. The van der Waals surface area contributed by atoms with Gasteiger partial charge in [-0.15, -0.1) is 0 Å². The molecule has 7 nitrogen and oxygen atoms in total. The smallest absolute Gasteiger partial charge is 0.186 e. The molecule has 3 heterocycles. The fraction of sp³-hybridized carbons (Fsp3) is 0.367. The first-order valence-corrected chi connectivity index (χ1v) is 12.8. The fourth-order valence-corrected chi connectivity index (χ4v) is 5.45. The molecule has 0 saturated carbocycles. The molecule has 2 aliphatic rings. The number of phenols is 1. The van der Waals surface area contributed by atoms with E-state index in [9.17, 15) is 20.4 Å². The Morgan fingerprint density at radius 1 is 1.14 bits per heavy atom. The van der Waals surface area contributed by atoms with Crippen LogP contribution < -0.4 is 4.74 Å². The van der Waals surface area contributed by atoms with Crippen LogP contribution in [-0.4, -0.2) is 49.9 Å². The van der Waals surface area contributed by atoms with Gasteiger partial charge >= 0.3 is 0 Å². The summed E-state index contributed by atoms with van der Waals surface area (Å²) in [5.41, 5.74) is 3.92. The van der Waals surface area contributed by atoms with Crippen LogP contribution in [0.4, 0.5) is 0 Å². The SMILES string of the molecule is CC1CN(CC/C=C2/c3cc(C(C)(O)O)ccc3OCc3ncccc32)CCC1(O)c1ccc(O)cc1. The van der Waals surface area contributed by atoms with E-state index in [1.54, 1.807) is 48.7 Å². The first-order chi connectivity index (χ1) is 17.6. The van der Waals surface area contributed by atoms with Crippen molar-refractivity contribution in [3.05, 3.63) is 94.8 Å². The van der Waals surface area contributed by atoms with Crippen LogP contribution in [-0.2, 0) is 18.0 Å². The summed E-state index contributed by atoms with van der Waals surface area (Å²) >= 11 is 0. The van der Waals surface area contributed by atoms with Crippen LogP contribution in [0.2, 0.25) is 0 Å². The number of hydrogen-bond donors (Lipinski definition) is 4. The summed E-state index contributed by atoms with van der Waals surface area (Å²) in [4.78, 5) is 6.89. The van der Waals surface area contributed by atoms with Crippen LogP contribution in [0.15, 0.2) is 66.9 Å². The Bertz CT molecular complexity index is 1300. The van der Waals surface area contributed by atoms with Gasteiger partial charge in [-0.2, -0.15) is 0 Å². The summed E-state index contributed by atoms with van der Waals surface area (Å²) in [5.74, 6) is -1.04. The Labute approximate surface area is 217 Å². The van der Waals surface area contributed by atoms with Crippen LogP contribution in [0.1, 0.15) is 54.6 Å². The maximum Gasteiger partial charge on any atom is 0.186 e. The molecule has 194 valence electrons. The second-order valence-electron chi connectivity index (χ2n) is 10.3. The van der Waals surface area contributed by atoms with Crippen LogP contribution in [0.25, 0.3) is 5.57 Å². The molecule has 0 bridgehead atoms. The molecule has 7 heteroatoms. The third kappa shape index (κ3) is 5.13. The molecule has 2 aliphatic heterocycles. The summed E-state index contributed by atoms with van der Waals surface area (Å²) in [6.45, 7) is 6.11. The lowest BCUT2D eigenvalue weighted by molar-refractivity contribution is -0.152. The number of aromatic nitrogens is 1. The largest absolute Gasteiger partial charge is 0.508 e. The Hall–Kier alpha value is -3.23. The van der Waals surface area contributed by atoms with Gasteiger partial charge in [-0.05, 0) is 67.3 Å². The number of pyridine rings is 1. The number of nitrogens with zero attached hydrogens (tertiary/aromatic N) is 2. The van der Waals surface area contributed by atoms with Crippen molar-refractivity contribution in [2.75, 3.05) is 19.6 Å². The van der Waals surface area contributed by atoms with Gasteiger partial charge in [0.25, 0.3) is 0 Å². The third-order valence-corrected chi connectivity index (χ3v) is 7.68. The average Bonchev–Trinajstić information content (AvgIpc) is 3.03. The Kier molecular flexibility index (Phi) is 6.81. The molecule has 2 unspecified atom stereocenters. The molecule has 1 saturated heterocycles.